The first kappa shape index (κ1) is 13.5. The number of benzene rings is 1. The van der Waals surface area contributed by atoms with Crippen molar-refractivity contribution in [2.75, 3.05) is 13.7 Å². The minimum absolute atomic E-state index is 0.135. The zero-order valence-electron chi connectivity index (χ0n) is 10.0. The van der Waals surface area contributed by atoms with Crippen LogP contribution in [0.1, 0.15) is 12.5 Å². The lowest BCUT2D eigenvalue weighted by Gasteiger charge is -2.01. The van der Waals surface area contributed by atoms with Gasteiger partial charge in [0.05, 0.1) is 18.6 Å². The van der Waals surface area contributed by atoms with Gasteiger partial charge in [-0.05, 0) is 12.1 Å². The lowest BCUT2D eigenvalue weighted by atomic mass is 10.2. The first-order chi connectivity index (χ1) is 8.54. The SMILES string of the molecule is COc1ccc(C#CCNC(C)=O)cc1[N+](=O)[O-]. The Balaban J connectivity index is 2.88. The average molecular weight is 248 g/mol. The second kappa shape index (κ2) is 6.25. The van der Waals surface area contributed by atoms with Crippen molar-refractivity contribution in [3.8, 4) is 17.6 Å². The van der Waals surface area contributed by atoms with E-state index in [2.05, 4.69) is 17.2 Å². The number of nitrogens with one attached hydrogen (secondary N) is 1. The third-order valence-corrected chi connectivity index (χ3v) is 2.03. The molecule has 0 aliphatic rings. The molecule has 0 aliphatic carbocycles. The summed E-state index contributed by atoms with van der Waals surface area (Å²) in [5, 5.41) is 13.3. The van der Waals surface area contributed by atoms with Crippen molar-refractivity contribution in [3.63, 3.8) is 0 Å². The molecule has 18 heavy (non-hydrogen) atoms. The molecule has 0 heterocycles. The zero-order valence-corrected chi connectivity index (χ0v) is 10.0. The van der Waals surface area contributed by atoms with E-state index in [9.17, 15) is 14.9 Å². The Morgan fingerprint density at radius 2 is 2.28 bits per heavy atom. The van der Waals surface area contributed by atoms with Gasteiger partial charge in [0.15, 0.2) is 5.75 Å². The van der Waals surface area contributed by atoms with E-state index in [0.29, 0.717) is 5.56 Å². The fraction of sp³-hybridized carbons (Fsp3) is 0.250. The van der Waals surface area contributed by atoms with Crippen molar-refractivity contribution in [1.82, 2.24) is 5.32 Å². The lowest BCUT2D eigenvalue weighted by Crippen LogP contribution is -2.19. The number of carbonyl (C=O) groups is 1. The van der Waals surface area contributed by atoms with Crippen LogP contribution in [0.4, 0.5) is 5.69 Å². The standard InChI is InChI=1S/C12H12N2O4/c1-9(15)13-7-3-4-10-5-6-12(18-2)11(8-10)14(16)17/h5-6,8H,7H2,1-2H3,(H,13,15). The minimum atomic E-state index is -0.530. The van der Waals surface area contributed by atoms with Gasteiger partial charge in [-0.15, -0.1) is 0 Å². The van der Waals surface area contributed by atoms with Crippen molar-refractivity contribution >= 4 is 11.6 Å². The van der Waals surface area contributed by atoms with Crippen molar-refractivity contribution in [3.05, 3.63) is 33.9 Å². The molecule has 0 saturated carbocycles. The van der Waals surface area contributed by atoms with Crippen LogP contribution in [0.2, 0.25) is 0 Å². The predicted octanol–water partition coefficient (Wildman–Crippen LogP) is 1.09. The molecule has 0 saturated heterocycles. The molecule has 1 amide bonds. The number of amides is 1. The first-order valence-electron chi connectivity index (χ1n) is 5.10. The second-order valence-corrected chi connectivity index (χ2v) is 3.36. The maximum absolute atomic E-state index is 10.8. The molecule has 0 aromatic heterocycles. The van der Waals surface area contributed by atoms with Crippen molar-refractivity contribution in [2.24, 2.45) is 0 Å². The topological polar surface area (TPSA) is 81.5 Å². The van der Waals surface area contributed by atoms with Crippen LogP contribution < -0.4 is 10.1 Å². The Kier molecular flexibility index (Phi) is 4.69. The normalized spacial score (nSPS) is 9.00. The van der Waals surface area contributed by atoms with Gasteiger partial charge >= 0.3 is 5.69 Å². The molecule has 0 spiro atoms. The van der Waals surface area contributed by atoms with E-state index in [1.165, 1.54) is 26.2 Å². The zero-order chi connectivity index (χ0) is 13.5. The second-order valence-electron chi connectivity index (χ2n) is 3.36. The van der Waals surface area contributed by atoms with Crippen LogP contribution in [0.5, 0.6) is 5.75 Å². The van der Waals surface area contributed by atoms with E-state index in [1.54, 1.807) is 6.07 Å². The summed E-state index contributed by atoms with van der Waals surface area (Å²) in [5.74, 6) is 5.42. The molecule has 0 bridgehead atoms. The first-order valence-corrected chi connectivity index (χ1v) is 5.10. The molecule has 0 radical (unpaired) electrons. The molecule has 6 heteroatoms. The summed E-state index contributed by atoms with van der Waals surface area (Å²) in [6.45, 7) is 1.59. The number of hydrogen-bond acceptors (Lipinski definition) is 4. The lowest BCUT2D eigenvalue weighted by molar-refractivity contribution is -0.385. The summed E-state index contributed by atoms with van der Waals surface area (Å²) < 4.78 is 4.87. The number of nitro groups is 1. The molecule has 1 aromatic rings. The van der Waals surface area contributed by atoms with Crippen LogP contribution >= 0.6 is 0 Å². The largest absolute Gasteiger partial charge is 0.490 e. The highest BCUT2D eigenvalue weighted by Gasteiger charge is 2.14. The van der Waals surface area contributed by atoms with Crippen LogP contribution in [-0.4, -0.2) is 24.5 Å². The number of nitro benzene ring substituents is 1. The maximum atomic E-state index is 10.8. The van der Waals surface area contributed by atoms with Gasteiger partial charge in [-0.25, -0.2) is 0 Å². The summed E-state index contributed by atoms with van der Waals surface area (Å²) in [6, 6.07) is 4.44. The molecular weight excluding hydrogens is 236 g/mol. The van der Waals surface area contributed by atoms with E-state index >= 15 is 0 Å². The molecule has 1 aromatic carbocycles. The summed E-state index contributed by atoms with van der Waals surface area (Å²) in [7, 11) is 1.37. The quantitative estimate of drug-likeness (QED) is 0.493. The Bertz CT molecular complexity index is 529. The predicted molar refractivity (Wildman–Crippen MR) is 65.2 cm³/mol. The highest BCUT2D eigenvalue weighted by molar-refractivity contribution is 5.73. The number of rotatable bonds is 3. The molecule has 1 N–H and O–H groups in total. The Labute approximate surface area is 104 Å². The van der Waals surface area contributed by atoms with Gasteiger partial charge in [-0.2, -0.15) is 0 Å². The highest BCUT2D eigenvalue weighted by Crippen LogP contribution is 2.26. The van der Waals surface area contributed by atoms with Crippen molar-refractivity contribution < 1.29 is 14.5 Å². The van der Waals surface area contributed by atoms with Crippen LogP contribution in [0.3, 0.4) is 0 Å². The van der Waals surface area contributed by atoms with Crippen molar-refractivity contribution in [2.45, 2.75) is 6.92 Å². The van der Waals surface area contributed by atoms with Gasteiger partial charge < -0.3 is 10.1 Å². The molecular formula is C12H12N2O4. The van der Waals surface area contributed by atoms with E-state index in [-0.39, 0.29) is 23.9 Å². The Morgan fingerprint density at radius 1 is 1.56 bits per heavy atom. The average Bonchev–Trinajstić information content (AvgIpc) is 2.34. The van der Waals surface area contributed by atoms with Gasteiger partial charge in [0.2, 0.25) is 5.91 Å². The summed E-state index contributed by atoms with van der Waals surface area (Å²) in [4.78, 5) is 20.8. The monoisotopic (exact) mass is 248 g/mol. The van der Waals surface area contributed by atoms with Gasteiger partial charge in [-0.1, -0.05) is 11.8 Å². The smallest absolute Gasteiger partial charge is 0.312 e. The van der Waals surface area contributed by atoms with E-state index in [0.717, 1.165) is 0 Å². The van der Waals surface area contributed by atoms with E-state index < -0.39 is 4.92 Å². The van der Waals surface area contributed by atoms with E-state index in [4.69, 9.17) is 4.74 Å². The molecule has 1 rings (SSSR count). The van der Waals surface area contributed by atoms with Crippen LogP contribution in [0.15, 0.2) is 18.2 Å². The van der Waals surface area contributed by atoms with Crippen LogP contribution in [0, 0.1) is 22.0 Å². The van der Waals surface area contributed by atoms with Gasteiger partial charge in [0.1, 0.15) is 0 Å². The summed E-state index contributed by atoms with van der Waals surface area (Å²) in [6.07, 6.45) is 0. The van der Waals surface area contributed by atoms with Crippen molar-refractivity contribution in [1.29, 1.82) is 0 Å². The molecule has 0 aliphatic heterocycles. The van der Waals surface area contributed by atoms with Crippen LogP contribution in [-0.2, 0) is 4.79 Å². The summed E-state index contributed by atoms with van der Waals surface area (Å²) in [5.41, 5.74) is 0.358. The van der Waals surface area contributed by atoms with E-state index in [1.807, 2.05) is 0 Å². The minimum Gasteiger partial charge on any atom is -0.490 e. The number of nitrogens with zero attached hydrogens (tertiary/aromatic N) is 1. The summed E-state index contributed by atoms with van der Waals surface area (Å²) >= 11 is 0. The molecule has 0 atom stereocenters. The highest BCUT2D eigenvalue weighted by atomic mass is 16.6. The molecule has 0 unspecified atom stereocenters. The number of hydrogen-bond donors (Lipinski definition) is 1. The number of ether oxygens (including phenoxy) is 1. The molecule has 94 valence electrons. The fourth-order valence-electron chi connectivity index (χ4n) is 1.23. The fourth-order valence-corrected chi connectivity index (χ4v) is 1.23. The van der Waals surface area contributed by atoms with Gasteiger partial charge in [0, 0.05) is 18.6 Å². The van der Waals surface area contributed by atoms with Crippen LogP contribution in [0.25, 0.3) is 0 Å². The third-order valence-electron chi connectivity index (χ3n) is 2.03. The number of methoxy groups -OCH3 is 1. The maximum Gasteiger partial charge on any atom is 0.312 e. The Hall–Kier alpha value is -2.55. The van der Waals surface area contributed by atoms with Gasteiger partial charge in [0.25, 0.3) is 0 Å². The molecule has 0 fully saturated rings. The van der Waals surface area contributed by atoms with Gasteiger partial charge in [-0.3, -0.25) is 14.9 Å². The third kappa shape index (κ3) is 3.79. The Morgan fingerprint density at radius 3 is 2.83 bits per heavy atom. The molecule has 6 nitrogen and oxygen atoms in total. The number of carbonyl (C=O) groups excluding carboxylic acids is 1.